The predicted molar refractivity (Wildman–Crippen MR) is 126 cm³/mol. The van der Waals surface area contributed by atoms with E-state index in [0.29, 0.717) is 29.9 Å². The van der Waals surface area contributed by atoms with Crippen LogP contribution in [0.25, 0.3) is 0 Å². The summed E-state index contributed by atoms with van der Waals surface area (Å²) in [4.78, 5) is 0. The lowest BCUT2D eigenvalue weighted by Gasteiger charge is -2.04. The molecule has 34 heavy (non-hydrogen) atoms. The summed E-state index contributed by atoms with van der Waals surface area (Å²) >= 11 is 0. The molecule has 0 aromatic heterocycles. The smallest absolute Gasteiger partial charge is 0.143 e. The monoisotopic (exact) mass is 464 g/mol. The Bertz CT molecular complexity index is 1230. The maximum Gasteiger partial charge on any atom is 0.143 e. The minimum Gasteiger partial charge on any atom is -0.494 e. The molecule has 0 saturated carbocycles. The summed E-state index contributed by atoms with van der Waals surface area (Å²) < 4.78 is 63.0. The highest BCUT2D eigenvalue weighted by molar-refractivity contribution is 5.50. The van der Waals surface area contributed by atoms with Crippen LogP contribution < -0.4 is 4.74 Å². The molecule has 0 spiro atoms. The van der Waals surface area contributed by atoms with Crippen LogP contribution in [0.5, 0.6) is 5.75 Å². The summed E-state index contributed by atoms with van der Waals surface area (Å²) in [6.07, 6.45) is 3.27. The number of hydrogen-bond acceptors (Lipinski definition) is 1. The molecule has 0 amide bonds. The SMILES string of the molecule is CCCCOc1ccc(C#Cc2c(F)cc(C#Cc3c(F)cc(CCC)cc3F)cc2F)cc1. The fourth-order valence-corrected chi connectivity index (χ4v) is 3.18. The summed E-state index contributed by atoms with van der Waals surface area (Å²) in [6, 6.07) is 11.3. The lowest BCUT2D eigenvalue weighted by atomic mass is 10.1. The third kappa shape index (κ3) is 6.65. The molecule has 0 unspecified atom stereocenters. The number of ether oxygens (including phenoxy) is 1. The summed E-state index contributed by atoms with van der Waals surface area (Å²) in [5, 5.41) is 0. The Morgan fingerprint density at radius 3 is 1.71 bits per heavy atom. The Labute approximate surface area is 197 Å². The molecule has 0 aliphatic heterocycles. The van der Waals surface area contributed by atoms with E-state index in [0.717, 1.165) is 31.4 Å². The third-order valence-electron chi connectivity index (χ3n) is 4.97. The van der Waals surface area contributed by atoms with Crippen LogP contribution in [0.1, 0.15) is 60.9 Å². The molecule has 0 radical (unpaired) electrons. The molecule has 0 fully saturated rings. The van der Waals surface area contributed by atoms with E-state index >= 15 is 0 Å². The number of benzene rings is 3. The Morgan fingerprint density at radius 1 is 0.647 bits per heavy atom. The average molecular weight is 465 g/mol. The molecule has 0 aliphatic carbocycles. The first-order valence-electron chi connectivity index (χ1n) is 11.1. The van der Waals surface area contributed by atoms with Crippen molar-refractivity contribution in [1.82, 2.24) is 0 Å². The van der Waals surface area contributed by atoms with Gasteiger partial charge in [0.25, 0.3) is 0 Å². The molecular formula is C29H24F4O. The van der Waals surface area contributed by atoms with Gasteiger partial charge < -0.3 is 4.74 Å². The average Bonchev–Trinajstić information content (AvgIpc) is 2.79. The van der Waals surface area contributed by atoms with Crippen LogP contribution in [0.2, 0.25) is 0 Å². The molecular weight excluding hydrogens is 440 g/mol. The Balaban J connectivity index is 1.79. The molecule has 174 valence electrons. The van der Waals surface area contributed by atoms with Gasteiger partial charge in [-0.05, 0) is 66.9 Å². The highest BCUT2D eigenvalue weighted by Gasteiger charge is 2.11. The fraction of sp³-hybridized carbons (Fsp3) is 0.241. The second-order valence-electron chi connectivity index (χ2n) is 7.73. The van der Waals surface area contributed by atoms with Crippen molar-refractivity contribution in [1.29, 1.82) is 0 Å². The molecule has 0 N–H and O–H groups in total. The summed E-state index contributed by atoms with van der Waals surface area (Å²) in [7, 11) is 0. The second-order valence-corrected chi connectivity index (χ2v) is 7.73. The van der Waals surface area contributed by atoms with Gasteiger partial charge in [-0.3, -0.25) is 0 Å². The second kappa shape index (κ2) is 12.0. The van der Waals surface area contributed by atoms with Crippen molar-refractivity contribution in [2.45, 2.75) is 39.5 Å². The first kappa shape index (κ1) is 24.9. The van der Waals surface area contributed by atoms with E-state index in [1.807, 2.05) is 6.92 Å². The lowest BCUT2D eigenvalue weighted by Crippen LogP contribution is -1.96. The molecule has 0 saturated heterocycles. The maximum absolute atomic E-state index is 14.5. The van der Waals surface area contributed by atoms with Crippen molar-refractivity contribution in [3.05, 3.63) is 99.6 Å². The molecule has 1 nitrogen and oxygen atoms in total. The molecule has 0 atom stereocenters. The zero-order valence-electron chi connectivity index (χ0n) is 19.1. The lowest BCUT2D eigenvalue weighted by molar-refractivity contribution is 0.309. The van der Waals surface area contributed by atoms with Gasteiger partial charge in [0.15, 0.2) is 0 Å². The molecule has 0 aliphatic rings. The van der Waals surface area contributed by atoms with Crippen LogP contribution >= 0.6 is 0 Å². The van der Waals surface area contributed by atoms with E-state index in [-0.39, 0.29) is 5.56 Å². The zero-order valence-corrected chi connectivity index (χ0v) is 19.1. The number of halogens is 4. The van der Waals surface area contributed by atoms with E-state index in [4.69, 9.17) is 4.74 Å². The van der Waals surface area contributed by atoms with Crippen molar-refractivity contribution < 1.29 is 22.3 Å². The van der Waals surface area contributed by atoms with Gasteiger partial charge in [0.2, 0.25) is 0 Å². The van der Waals surface area contributed by atoms with Gasteiger partial charge in [0, 0.05) is 11.1 Å². The zero-order chi connectivity index (χ0) is 24.5. The molecule has 0 bridgehead atoms. The van der Waals surface area contributed by atoms with Crippen molar-refractivity contribution in [2.24, 2.45) is 0 Å². The van der Waals surface area contributed by atoms with E-state index < -0.39 is 34.4 Å². The van der Waals surface area contributed by atoms with Gasteiger partial charge in [-0.2, -0.15) is 0 Å². The molecule has 5 heteroatoms. The van der Waals surface area contributed by atoms with Crippen LogP contribution in [-0.2, 0) is 6.42 Å². The number of rotatable bonds is 6. The molecule has 0 heterocycles. The third-order valence-corrected chi connectivity index (χ3v) is 4.97. The summed E-state index contributed by atoms with van der Waals surface area (Å²) in [5.41, 5.74) is 0.206. The highest BCUT2D eigenvalue weighted by atomic mass is 19.1. The van der Waals surface area contributed by atoms with Gasteiger partial charge in [-0.1, -0.05) is 50.4 Å². The van der Waals surface area contributed by atoms with Crippen molar-refractivity contribution in [3.8, 4) is 29.4 Å². The van der Waals surface area contributed by atoms with Gasteiger partial charge in [-0.25, -0.2) is 17.6 Å². The molecule has 3 aromatic carbocycles. The van der Waals surface area contributed by atoms with E-state index in [1.54, 1.807) is 24.3 Å². The summed E-state index contributed by atoms with van der Waals surface area (Å²) in [6.45, 7) is 4.60. The van der Waals surface area contributed by atoms with Crippen LogP contribution in [-0.4, -0.2) is 6.61 Å². The van der Waals surface area contributed by atoms with E-state index in [9.17, 15) is 17.6 Å². The van der Waals surface area contributed by atoms with Gasteiger partial charge >= 0.3 is 0 Å². The Kier molecular flexibility index (Phi) is 8.77. The van der Waals surface area contributed by atoms with Crippen molar-refractivity contribution in [3.63, 3.8) is 0 Å². The fourth-order valence-electron chi connectivity index (χ4n) is 3.18. The molecule has 3 rings (SSSR count). The Hall–Kier alpha value is -3.70. The normalized spacial score (nSPS) is 10.2. The van der Waals surface area contributed by atoms with Crippen LogP contribution in [0, 0.1) is 47.0 Å². The number of hydrogen-bond donors (Lipinski definition) is 0. The topological polar surface area (TPSA) is 9.23 Å². The quantitative estimate of drug-likeness (QED) is 0.213. The summed E-state index contributed by atoms with van der Waals surface area (Å²) in [5.74, 6) is 7.27. The Morgan fingerprint density at radius 2 is 1.18 bits per heavy atom. The minimum atomic E-state index is -0.907. The maximum atomic E-state index is 14.5. The van der Waals surface area contributed by atoms with Gasteiger partial charge in [0.1, 0.15) is 29.0 Å². The van der Waals surface area contributed by atoms with Crippen LogP contribution in [0.15, 0.2) is 48.5 Å². The molecule has 3 aromatic rings. The van der Waals surface area contributed by atoms with E-state index in [2.05, 4.69) is 30.6 Å². The van der Waals surface area contributed by atoms with Gasteiger partial charge in [0.05, 0.1) is 17.7 Å². The van der Waals surface area contributed by atoms with Crippen molar-refractivity contribution in [2.75, 3.05) is 6.61 Å². The van der Waals surface area contributed by atoms with Crippen molar-refractivity contribution >= 4 is 0 Å². The minimum absolute atomic E-state index is 0.0504. The van der Waals surface area contributed by atoms with Gasteiger partial charge in [-0.15, -0.1) is 0 Å². The number of unbranched alkanes of at least 4 members (excludes halogenated alkanes) is 1. The predicted octanol–water partition coefficient (Wildman–Crippen LogP) is 7.17. The first-order valence-corrected chi connectivity index (χ1v) is 11.1. The first-order chi connectivity index (χ1) is 16.4. The number of aryl methyl sites for hydroxylation is 1. The highest BCUT2D eigenvalue weighted by Crippen LogP contribution is 2.18. The van der Waals surface area contributed by atoms with Crippen LogP contribution in [0.4, 0.5) is 17.6 Å². The van der Waals surface area contributed by atoms with Crippen LogP contribution in [0.3, 0.4) is 0 Å². The standard InChI is InChI=1S/C29H24F4O/c1-3-5-15-34-23-11-7-20(8-12-23)9-13-24-28(32)18-22(19-29(24)33)10-14-25-26(30)16-21(6-4-2)17-27(25)31/h7-8,11-12,16-19H,3-6,15H2,1-2H3. The van der Waals surface area contributed by atoms with E-state index in [1.165, 1.54) is 12.1 Å². The largest absolute Gasteiger partial charge is 0.494 e.